The number of hydrogen-bond acceptors (Lipinski definition) is 6. The fourth-order valence-corrected chi connectivity index (χ4v) is 2.35. The summed E-state index contributed by atoms with van der Waals surface area (Å²) in [5.41, 5.74) is 0.715. The highest BCUT2D eigenvalue weighted by molar-refractivity contribution is 6.36. The van der Waals surface area contributed by atoms with E-state index in [4.69, 9.17) is 32.5 Å². The molecular weight excluding hydrogens is 357 g/mol. The van der Waals surface area contributed by atoms with Gasteiger partial charge in [-0.2, -0.15) is 0 Å². The van der Waals surface area contributed by atoms with Gasteiger partial charge in [0.2, 0.25) is 0 Å². The summed E-state index contributed by atoms with van der Waals surface area (Å²) in [7, 11) is 0. The van der Waals surface area contributed by atoms with Gasteiger partial charge in [-0.05, 0) is 26.3 Å². The number of halogens is 2. The fourth-order valence-electron chi connectivity index (χ4n) is 1.92. The van der Waals surface area contributed by atoms with Gasteiger partial charge in [-0.25, -0.2) is 9.78 Å². The average molecular weight is 372 g/mol. The molecule has 2 aromatic heterocycles. The second-order valence-corrected chi connectivity index (χ2v) is 5.78. The summed E-state index contributed by atoms with van der Waals surface area (Å²) in [5.74, 6) is -0.785. The smallest absolute Gasteiger partial charge is 0.344 e. The number of esters is 1. The third-order valence-corrected chi connectivity index (χ3v) is 3.67. The van der Waals surface area contributed by atoms with Gasteiger partial charge in [0, 0.05) is 6.20 Å². The SMILES string of the molecule is CCc1noc(C)c1C(=O)O[C@H](C)C(=O)Nc1ncc(Cl)cc1Cl. The second kappa shape index (κ2) is 7.63. The van der Waals surface area contributed by atoms with E-state index in [0.717, 1.165) is 0 Å². The van der Waals surface area contributed by atoms with Crippen molar-refractivity contribution in [1.82, 2.24) is 10.1 Å². The van der Waals surface area contributed by atoms with Gasteiger partial charge in [0.1, 0.15) is 11.3 Å². The van der Waals surface area contributed by atoms with Gasteiger partial charge in [-0.3, -0.25) is 4.79 Å². The van der Waals surface area contributed by atoms with Crippen molar-refractivity contribution in [3.05, 3.63) is 39.3 Å². The van der Waals surface area contributed by atoms with E-state index in [0.29, 0.717) is 22.9 Å². The molecule has 0 radical (unpaired) electrons. The minimum absolute atomic E-state index is 0.129. The van der Waals surface area contributed by atoms with Crippen molar-refractivity contribution in [2.45, 2.75) is 33.3 Å². The number of nitrogens with zero attached hydrogens (tertiary/aromatic N) is 2. The first-order valence-electron chi connectivity index (χ1n) is 7.11. The number of hydrogen-bond donors (Lipinski definition) is 1. The molecule has 0 saturated heterocycles. The Labute approximate surface area is 148 Å². The molecule has 0 spiro atoms. The highest BCUT2D eigenvalue weighted by Crippen LogP contribution is 2.23. The average Bonchev–Trinajstić information content (AvgIpc) is 2.90. The predicted molar refractivity (Wildman–Crippen MR) is 88.4 cm³/mol. The Bertz CT molecular complexity index is 776. The normalized spacial score (nSPS) is 11.9. The number of aromatic nitrogens is 2. The minimum Gasteiger partial charge on any atom is -0.449 e. The van der Waals surface area contributed by atoms with E-state index in [9.17, 15) is 9.59 Å². The Kier molecular flexibility index (Phi) is 5.80. The lowest BCUT2D eigenvalue weighted by atomic mass is 10.1. The lowest BCUT2D eigenvalue weighted by Crippen LogP contribution is -2.30. The van der Waals surface area contributed by atoms with Crippen LogP contribution in [0.15, 0.2) is 16.8 Å². The molecule has 1 amide bonds. The van der Waals surface area contributed by atoms with Gasteiger partial charge in [0.25, 0.3) is 5.91 Å². The molecule has 0 bridgehead atoms. The molecule has 1 N–H and O–H groups in total. The maximum absolute atomic E-state index is 12.2. The van der Waals surface area contributed by atoms with Gasteiger partial charge >= 0.3 is 5.97 Å². The van der Waals surface area contributed by atoms with Crippen molar-refractivity contribution in [3.63, 3.8) is 0 Å². The summed E-state index contributed by atoms with van der Waals surface area (Å²) in [5, 5.41) is 6.77. The molecule has 128 valence electrons. The van der Waals surface area contributed by atoms with E-state index in [1.54, 1.807) is 6.92 Å². The number of pyridine rings is 1. The molecule has 2 rings (SSSR count). The van der Waals surface area contributed by atoms with E-state index in [1.165, 1.54) is 19.2 Å². The molecule has 0 fully saturated rings. The van der Waals surface area contributed by atoms with Crippen LogP contribution in [0.2, 0.25) is 10.0 Å². The van der Waals surface area contributed by atoms with Crippen LogP contribution in [0.5, 0.6) is 0 Å². The maximum Gasteiger partial charge on any atom is 0.344 e. The van der Waals surface area contributed by atoms with E-state index in [-0.39, 0.29) is 16.4 Å². The lowest BCUT2D eigenvalue weighted by molar-refractivity contribution is -0.123. The zero-order chi connectivity index (χ0) is 17.9. The molecular formula is C15H15Cl2N3O4. The van der Waals surface area contributed by atoms with Gasteiger partial charge in [0.15, 0.2) is 11.9 Å². The van der Waals surface area contributed by atoms with Gasteiger partial charge in [-0.1, -0.05) is 35.3 Å². The molecule has 0 aliphatic carbocycles. The lowest BCUT2D eigenvalue weighted by Gasteiger charge is -2.13. The van der Waals surface area contributed by atoms with E-state index >= 15 is 0 Å². The first-order chi connectivity index (χ1) is 11.3. The first-order valence-corrected chi connectivity index (χ1v) is 7.87. The van der Waals surface area contributed by atoms with Gasteiger partial charge in [-0.15, -0.1) is 0 Å². The summed E-state index contributed by atoms with van der Waals surface area (Å²) in [6.45, 7) is 4.87. The molecule has 2 heterocycles. The molecule has 0 unspecified atom stereocenters. The highest BCUT2D eigenvalue weighted by Gasteiger charge is 2.25. The molecule has 0 aliphatic heterocycles. The number of carbonyl (C=O) groups is 2. The molecule has 9 heteroatoms. The fraction of sp³-hybridized carbons (Fsp3) is 0.333. The van der Waals surface area contributed by atoms with Crippen molar-refractivity contribution >= 4 is 40.9 Å². The van der Waals surface area contributed by atoms with Crippen LogP contribution >= 0.6 is 23.2 Å². The van der Waals surface area contributed by atoms with Crippen LogP contribution in [0.4, 0.5) is 5.82 Å². The van der Waals surface area contributed by atoms with Crippen LogP contribution in [0.25, 0.3) is 0 Å². The topological polar surface area (TPSA) is 94.3 Å². The zero-order valence-electron chi connectivity index (χ0n) is 13.2. The third kappa shape index (κ3) is 4.04. The van der Waals surface area contributed by atoms with E-state index < -0.39 is 18.0 Å². The van der Waals surface area contributed by atoms with Crippen molar-refractivity contribution in [1.29, 1.82) is 0 Å². The van der Waals surface area contributed by atoms with Crippen LogP contribution in [-0.2, 0) is 16.0 Å². The minimum atomic E-state index is -1.06. The summed E-state index contributed by atoms with van der Waals surface area (Å²) in [4.78, 5) is 28.3. The standard InChI is InChI=1S/C15H15Cl2N3O4/c1-4-11-12(7(2)24-20-11)15(22)23-8(3)14(21)19-13-10(17)5-9(16)6-18-13/h5-6,8H,4H2,1-3H3,(H,18,19,21)/t8-/m1/s1. The van der Waals surface area contributed by atoms with Crippen LogP contribution in [0, 0.1) is 6.92 Å². The largest absolute Gasteiger partial charge is 0.449 e. The Morgan fingerprint density at radius 2 is 2.12 bits per heavy atom. The van der Waals surface area contributed by atoms with Crippen LogP contribution in [0.3, 0.4) is 0 Å². The van der Waals surface area contributed by atoms with Crippen molar-refractivity contribution in [2.24, 2.45) is 0 Å². The molecule has 24 heavy (non-hydrogen) atoms. The monoisotopic (exact) mass is 371 g/mol. The van der Waals surface area contributed by atoms with Crippen LogP contribution in [0.1, 0.15) is 35.7 Å². The number of rotatable bonds is 5. The number of nitrogens with one attached hydrogen (secondary N) is 1. The number of carbonyl (C=O) groups excluding carboxylic acids is 2. The first kappa shape index (κ1) is 18.2. The van der Waals surface area contributed by atoms with E-state index in [2.05, 4.69) is 15.5 Å². The predicted octanol–water partition coefficient (Wildman–Crippen LogP) is 3.43. The Morgan fingerprint density at radius 1 is 1.42 bits per heavy atom. The summed E-state index contributed by atoms with van der Waals surface area (Å²) in [6.07, 6.45) is 0.783. The number of amides is 1. The van der Waals surface area contributed by atoms with Crippen LogP contribution < -0.4 is 5.32 Å². The Balaban J connectivity index is 2.06. The van der Waals surface area contributed by atoms with Crippen molar-refractivity contribution in [2.75, 3.05) is 5.32 Å². The zero-order valence-corrected chi connectivity index (χ0v) is 14.7. The Hall–Kier alpha value is -2.12. The molecule has 0 aromatic carbocycles. The highest BCUT2D eigenvalue weighted by atomic mass is 35.5. The second-order valence-electron chi connectivity index (χ2n) is 4.93. The quantitative estimate of drug-likeness (QED) is 0.808. The number of anilines is 1. The molecule has 0 saturated carbocycles. The van der Waals surface area contributed by atoms with Gasteiger partial charge < -0.3 is 14.6 Å². The summed E-state index contributed by atoms with van der Waals surface area (Å²) in [6, 6.07) is 1.44. The summed E-state index contributed by atoms with van der Waals surface area (Å²) < 4.78 is 10.1. The maximum atomic E-state index is 12.2. The molecule has 1 atom stereocenters. The van der Waals surface area contributed by atoms with Crippen molar-refractivity contribution < 1.29 is 18.8 Å². The van der Waals surface area contributed by atoms with Gasteiger partial charge in [0.05, 0.1) is 15.7 Å². The third-order valence-electron chi connectivity index (χ3n) is 3.17. The van der Waals surface area contributed by atoms with Crippen LogP contribution in [-0.4, -0.2) is 28.1 Å². The molecule has 0 aliphatic rings. The summed E-state index contributed by atoms with van der Waals surface area (Å²) >= 11 is 11.7. The van der Waals surface area contributed by atoms with E-state index in [1.807, 2.05) is 6.92 Å². The molecule has 2 aromatic rings. The van der Waals surface area contributed by atoms with Crippen molar-refractivity contribution in [3.8, 4) is 0 Å². The number of aryl methyl sites for hydroxylation is 2. The molecule has 7 nitrogen and oxygen atoms in total. The number of ether oxygens (including phenoxy) is 1. The Morgan fingerprint density at radius 3 is 2.75 bits per heavy atom.